The number of nitrogens with one attached hydrogen (secondary N) is 1. The summed E-state index contributed by atoms with van der Waals surface area (Å²) in [6, 6.07) is 3.48. The first-order valence-electron chi connectivity index (χ1n) is 6.36. The largest absolute Gasteiger partial charge is 0.418 e. The van der Waals surface area contributed by atoms with Crippen molar-refractivity contribution in [2.45, 2.75) is 6.18 Å². The Labute approximate surface area is 122 Å². The van der Waals surface area contributed by atoms with E-state index in [4.69, 9.17) is 0 Å². The molecule has 1 heterocycles. The summed E-state index contributed by atoms with van der Waals surface area (Å²) in [6.07, 6.45) is -4.53. The molecule has 0 atom stereocenters. The summed E-state index contributed by atoms with van der Waals surface area (Å²) in [6.45, 7) is 0.612. The van der Waals surface area contributed by atoms with Gasteiger partial charge in [0, 0.05) is 53.7 Å². The van der Waals surface area contributed by atoms with Gasteiger partial charge < -0.3 is 10.2 Å². The molecule has 1 aliphatic rings. The van der Waals surface area contributed by atoms with E-state index < -0.39 is 28.4 Å². The van der Waals surface area contributed by atoms with Gasteiger partial charge in [0.2, 0.25) is 0 Å². The van der Waals surface area contributed by atoms with Crippen molar-refractivity contribution in [3.05, 3.63) is 29.3 Å². The molecule has 116 valence electrons. The van der Waals surface area contributed by atoms with Crippen LogP contribution in [0.25, 0.3) is 0 Å². The zero-order valence-electron chi connectivity index (χ0n) is 11.4. The van der Waals surface area contributed by atoms with Crippen LogP contribution >= 0.6 is 0 Å². The van der Waals surface area contributed by atoms with Gasteiger partial charge in [0.25, 0.3) is 5.91 Å². The predicted octanol–water partition coefficient (Wildman–Crippen LogP) is 1.95. The van der Waals surface area contributed by atoms with Gasteiger partial charge in [-0.1, -0.05) is 0 Å². The average molecular weight is 320 g/mol. The molecule has 1 N–H and O–H groups in total. The number of hydrogen-bond acceptors (Lipinski definition) is 3. The molecule has 0 spiro atoms. The normalized spacial score (nSPS) is 16.9. The lowest BCUT2D eigenvalue weighted by Gasteiger charge is -2.26. The summed E-state index contributed by atoms with van der Waals surface area (Å²) in [7, 11) is 0.454. The highest BCUT2D eigenvalue weighted by Gasteiger charge is 2.34. The van der Waals surface area contributed by atoms with E-state index in [9.17, 15) is 22.2 Å². The fraction of sp³-hybridized carbons (Fsp3) is 0.462. The number of hydrogen-bond donors (Lipinski definition) is 1. The Bertz CT molecular complexity index is 565. The SMILES string of the molecule is CNc1ccc(C(=O)N2CCS(=O)CC2)cc1C(F)(F)F. The Morgan fingerprint density at radius 3 is 2.43 bits per heavy atom. The Kier molecular flexibility index (Phi) is 4.55. The number of carbonyl (C=O) groups excluding carboxylic acids is 1. The van der Waals surface area contributed by atoms with E-state index in [0.717, 1.165) is 6.07 Å². The second-order valence-electron chi connectivity index (χ2n) is 4.65. The van der Waals surface area contributed by atoms with Crippen LogP contribution in [0, 0.1) is 0 Å². The smallest absolute Gasteiger partial charge is 0.388 e. The fourth-order valence-corrected chi connectivity index (χ4v) is 3.21. The van der Waals surface area contributed by atoms with Gasteiger partial charge in [0.05, 0.1) is 5.56 Å². The molecular formula is C13H15F3N2O2S. The van der Waals surface area contributed by atoms with Crippen LogP contribution < -0.4 is 5.32 Å². The van der Waals surface area contributed by atoms with Gasteiger partial charge in [0.15, 0.2) is 0 Å². The lowest BCUT2D eigenvalue weighted by Crippen LogP contribution is -2.41. The number of benzene rings is 1. The first kappa shape index (κ1) is 15.8. The molecule has 0 aliphatic carbocycles. The average Bonchev–Trinajstić information content (AvgIpc) is 2.45. The molecule has 1 amide bonds. The molecule has 0 bridgehead atoms. The highest BCUT2D eigenvalue weighted by Crippen LogP contribution is 2.35. The minimum Gasteiger partial charge on any atom is -0.388 e. The van der Waals surface area contributed by atoms with E-state index in [1.165, 1.54) is 24.1 Å². The van der Waals surface area contributed by atoms with E-state index in [0.29, 0.717) is 24.6 Å². The van der Waals surface area contributed by atoms with Gasteiger partial charge in [-0.2, -0.15) is 13.2 Å². The van der Waals surface area contributed by atoms with E-state index in [1.807, 2.05) is 0 Å². The number of anilines is 1. The molecule has 0 saturated carbocycles. The van der Waals surface area contributed by atoms with Crippen molar-refractivity contribution >= 4 is 22.4 Å². The van der Waals surface area contributed by atoms with Crippen LogP contribution in [-0.2, 0) is 17.0 Å². The summed E-state index contributed by atoms with van der Waals surface area (Å²) in [5.74, 6) is 0.277. The van der Waals surface area contributed by atoms with E-state index >= 15 is 0 Å². The molecule has 1 aromatic rings. The Morgan fingerprint density at radius 1 is 1.29 bits per heavy atom. The molecule has 0 unspecified atom stereocenters. The number of carbonyl (C=O) groups is 1. The van der Waals surface area contributed by atoms with Crippen molar-refractivity contribution < 1.29 is 22.2 Å². The lowest BCUT2D eigenvalue weighted by atomic mass is 10.1. The minimum atomic E-state index is -4.53. The summed E-state index contributed by atoms with van der Waals surface area (Å²) < 4.78 is 50.2. The minimum absolute atomic E-state index is 0.00555. The molecule has 1 aliphatic heterocycles. The molecule has 0 aromatic heterocycles. The zero-order valence-corrected chi connectivity index (χ0v) is 12.2. The summed E-state index contributed by atoms with van der Waals surface area (Å²) in [4.78, 5) is 13.7. The van der Waals surface area contributed by atoms with Crippen LogP contribution in [0.4, 0.5) is 18.9 Å². The highest BCUT2D eigenvalue weighted by molar-refractivity contribution is 7.85. The molecule has 1 aromatic carbocycles. The third kappa shape index (κ3) is 3.55. The Morgan fingerprint density at radius 2 is 1.90 bits per heavy atom. The number of amides is 1. The van der Waals surface area contributed by atoms with Gasteiger partial charge in [-0.3, -0.25) is 9.00 Å². The zero-order chi connectivity index (χ0) is 15.6. The van der Waals surface area contributed by atoms with Crippen LogP contribution in [0.15, 0.2) is 18.2 Å². The molecule has 0 radical (unpaired) electrons. The van der Waals surface area contributed by atoms with Crippen LogP contribution in [0.3, 0.4) is 0 Å². The second-order valence-corrected chi connectivity index (χ2v) is 6.34. The number of halogens is 3. The Hall–Kier alpha value is -1.57. The third-order valence-corrected chi connectivity index (χ3v) is 4.58. The van der Waals surface area contributed by atoms with Gasteiger partial charge in [-0.25, -0.2) is 0 Å². The summed E-state index contributed by atoms with van der Waals surface area (Å²) in [5.41, 5.74) is -0.941. The standard InChI is InChI=1S/C13H15F3N2O2S/c1-17-11-3-2-9(8-10(11)13(14,15)16)12(19)18-4-6-21(20)7-5-18/h2-3,8,17H,4-7H2,1H3. The van der Waals surface area contributed by atoms with Crippen molar-refractivity contribution in [1.82, 2.24) is 4.90 Å². The van der Waals surface area contributed by atoms with Gasteiger partial charge >= 0.3 is 6.18 Å². The molecule has 21 heavy (non-hydrogen) atoms. The first-order chi connectivity index (χ1) is 9.82. The van der Waals surface area contributed by atoms with Crippen molar-refractivity contribution in [1.29, 1.82) is 0 Å². The first-order valence-corrected chi connectivity index (χ1v) is 7.85. The molecule has 2 rings (SSSR count). The van der Waals surface area contributed by atoms with Crippen molar-refractivity contribution in [2.24, 2.45) is 0 Å². The molecule has 1 saturated heterocycles. The molecule has 1 fully saturated rings. The topological polar surface area (TPSA) is 49.4 Å². The maximum absolute atomic E-state index is 13.0. The summed E-state index contributed by atoms with van der Waals surface area (Å²) in [5, 5.41) is 2.47. The van der Waals surface area contributed by atoms with E-state index in [2.05, 4.69) is 5.32 Å². The molecule has 4 nitrogen and oxygen atoms in total. The molecule has 8 heteroatoms. The maximum atomic E-state index is 13.0. The number of alkyl halides is 3. The van der Waals surface area contributed by atoms with Gasteiger partial charge in [-0.15, -0.1) is 0 Å². The quantitative estimate of drug-likeness (QED) is 0.906. The van der Waals surface area contributed by atoms with Gasteiger partial charge in [0.1, 0.15) is 0 Å². The maximum Gasteiger partial charge on any atom is 0.418 e. The van der Waals surface area contributed by atoms with Crippen LogP contribution in [0.2, 0.25) is 0 Å². The van der Waals surface area contributed by atoms with Crippen molar-refractivity contribution in [3.8, 4) is 0 Å². The lowest BCUT2D eigenvalue weighted by molar-refractivity contribution is -0.136. The van der Waals surface area contributed by atoms with Gasteiger partial charge in [-0.05, 0) is 18.2 Å². The van der Waals surface area contributed by atoms with Crippen molar-refractivity contribution in [3.63, 3.8) is 0 Å². The monoisotopic (exact) mass is 320 g/mol. The number of rotatable bonds is 2. The van der Waals surface area contributed by atoms with E-state index in [1.54, 1.807) is 0 Å². The predicted molar refractivity (Wildman–Crippen MR) is 74.8 cm³/mol. The second kappa shape index (κ2) is 6.05. The molecular weight excluding hydrogens is 305 g/mol. The summed E-state index contributed by atoms with van der Waals surface area (Å²) >= 11 is 0. The Balaban J connectivity index is 2.28. The third-order valence-electron chi connectivity index (χ3n) is 3.31. The van der Waals surface area contributed by atoms with E-state index in [-0.39, 0.29) is 11.3 Å². The fourth-order valence-electron chi connectivity index (χ4n) is 2.15. The highest BCUT2D eigenvalue weighted by atomic mass is 32.2. The van der Waals surface area contributed by atoms with Crippen molar-refractivity contribution in [2.75, 3.05) is 37.0 Å². The van der Waals surface area contributed by atoms with Crippen LogP contribution in [0.1, 0.15) is 15.9 Å². The number of nitrogens with zero attached hydrogens (tertiary/aromatic N) is 1. The van der Waals surface area contributed by atoms with Crippen LogP contribution in [0.5, 0.6) is 0 Å². The van der Waals surface area contributed by atoms with Crippen LogP contribution in [-0.4, -0.2) is 46.7 Å².